The van der Waals surface area contributed by atoms with E-state index in [2.05, 4.69) is 0 Å². The second-order valence-corrected chi connectivity index (χ2v) is 5.55. The van der Waals surface area contributed by atoms with Crippen molar-refractivity contribution in [3.8, 4) is 5.75 Å². The summed E-state index contributed by atoms with van der Waals surface area (Å²) in [5, 5.41) is 11.1. The van der Waals surface area contributed by atoms with Gasteiger partial charge in [-0.15, -0.1) is 0 Å². The fourth-order valence-corrected chi connectivity index (χ4v) is 3.38. The van der Waals surface area contributed by atoms with E-state index in [1.54, 1.807) is 6.07 Å². The molecular weight excluding hydrogens is 255 g/mol. The lowest BCUT2D eigenvalue weighted by Gasteiger charge is -2.25. The van der Waals surface area contributed by atoms with Gasteiger partial charge in [-0.05, 0) is 53.3 Å². The van der Waals surface area contributed by atoms with Crippen molar-refractivity contribution in [2.75, 3.05) is 6.61 Å². The molecule has 2 nitrogen and oxygen atoms in total. The maximum Gasteiger partial charge on any atom is 0.126 e. The molecule has 0 aromatic heterocycles. The van der Waals surface area contributed by atoms with Crippen LogP contribution in [0.4, 0.5) is 4.39 Å². The molecule has 0 saturated carbocycles. The van der Waals surface area contributed by atoms with Crippen molar-refractivity contribution in [2.24, 2.45) is 0 Å². The van der Waals surface area contributed by atoms with E-state index in [4.69, 9.17) is 4.74 Å². The van der Waals surface area contributed by atoms with Crippen molar-refractivity contribution in [2.45, 2.75) is 24.9 Å². The topological polar surface area (TPSA) is 29.5 Å². The van der Waals surface area contributed by atoms with Crippen LogP contribution in [0.3, 0.4) is 0 Å². The van der Waals surface area contributed by atoms with Crippen molar-refractivity contribution in [3.05, 3.63) is 64.5 Å². The third-order valence-corrected chi connectivity index (χ3v) is 4.47. The summed E-state index contributed by atoms with van der Waals surface area (Å²) >= 11 is 0. The van der Waals surface area contributed by atoms with Crippen LogP contribution < -0.4 is 4.74 Å². The molecule has 1 unspecified atom stereocenters. The van der Waals surface area contributed by atoms with E-state index in [1.165, 1.54) is 6.07 Å². The predicted molar refractivity (Wildman–Crippen MR) is 73.4 cm³/mol. The van der Waals surface area contributed by atoms with E-state index < -0.39 is 5.60 Å². The molecule has 0 radical (unpaired) electrons. The summed E-state index contributed by atoms with van der Waals surface area (Å²) in [5.74, 6) is 0.678. The van der Waals surface area contributed by atoms with Crippen LogP contribution in [0.25, 0.3) is 0 Å². The van der Waals surface area contributed by atoms with Crippen molar-refractivity contribution in [1.29, 1.82) is 0 Å². The van der Waals surface area contributed by atoms with Crippen LogP contribution in [0, 0.1) is 5.82 Å². The lowest BCUT2D eigenvalue weighted by Crippen LogP contribution is -2.24. The standard InChI is InChI=1S/C17H15FO2/c18-15-3-1-2-14-13(15)6-8-17(14,19)12-4-5-16-11(10-12)7-9-20-16/h1-5,10,19H,6-9H2. The van der Waals surface area contributed by atoms with Gasteiger partial charge in [0.15, 0.2) is 0 Å². The molecule has 20 heavy (non-hydrogen) atoms. The van der Waals surface area contributed by atoms with Gasteiger partial charge >= 0.3 is 0 Å². The summed E-state index contributed by atoms with van der Waals surface area (Å²) in [4.78, 5) is 0. The zero-order chi connectivity index (χ0) is 13.7. The minimum atomic E-state index is -1.07. The molecule has 2 aromatic carbocycles. The Kier molecular flexibility index (Phi) is 2.42. The number of halogens is 1. The molecule has 102 valence electrons. The molecule has 2 aromatic rings. The van der Waals surface area contributed by atoms with Gasteiger partial charge in [0.1, 0.15) is 17.2 Å². The highest BCUT2D eigenvalue weighted by molar-refractivity contribution is 5.49. The second-order valence-electron chi connectivity index (χ2n) is 5.55. The third kappa shape index (κ3) is 1.53. The van der Waals surface area contributed by atoms with E-state index in [1.807, 2.05) is 24.3 Å². The summed E-state index contributed by atoms with van der Waals surface area (Å²) in [7, 11) is 0. The number of rotatable bonds is 1. The van der Waals surface area contributed by atoms with Gasteiger partial charge in [-0.2, -0.15) is 0 Å². The Labute approximate surface area is 116 Å². The average molecular weight is 270 g/mol. The van der Waals surface area contributed by atoms with Crippen molar-refractivity contribution in [1.82, 2.24) is 0 Å². The highest BCUT2D eigenvalue weighted by atomic mass is 19.1. The molecule has 1 aliphatic heterocycles. The van der Waals surface area contributed by atoms with Crippen molar-refractivity contribution in [3.63, 3.8) is 0 Å². The number of hydrogen-bond acceptors (Lipinski definition) is 2. The first-order chi connectivity index (χ1) is 9.68. The molecular formula is C17H15FO2. The number of hydrogen-bond donors (Lipinski definition) is 1. The molecule has 4 rings (SSSR count). The van der Waals surface area contributed by atoms with Crippen molar-refractivity contribution >= 4 is 0 Å². The van der Waals surface area contributed by atoms with E-state index in [-0.39, 0.29) is 5.82 Å². The molecule has 0 spiro atoms. The highest BCUT2D eigenvalue weighted by Crippen LogP contribution is 2.44. The van der Waals surface area contributed by atoms with E-state index in [9.17, 15) is 9.50 Å². The summed E-state index contributed by atoms with van der Waals surface area (Å²) in [6.45, 7) is 0.697. The van der Waals surface area contributed by atoms with Gasteiger partial charge in [0.05, 0.1) is 6.61 Å². The van der Waals surface area contributed by atoms with E-state index >= 15 is 0 Å². The van der Waals surface area contributed by atoms with Gasteiger partial charge in [0, 0.05) is 6.42 Å². The fraction of sp³-hybridized carbons (Fsp3) is 0.294. The molecule has 0 bridgehead atoms. The Hall–Kier alpha value is -1.87. The normalized spacial score (nSPS) is 23.3. The Balaban J connectivity index is 1.85. The van der Waals surface area contributed by atoms with Gasteiger partial charge in [0.2, 0.25) is 0 Å². The van der Waals surface area contributed by atoms with E-state index in [0.29, 0.717) is 30.6 Å². The van der Waals surface area contributed by atoms with Gasteiger partial charge in [-0.1, -0.05) is 18.2 Å². The van der Waals surface area contributed by atoms with Crippen LogP contribution in [0.1, 0.15) is 28.7 Å². The predicted octanol–water partition coefficient (Wildman–Crippen LogP) is 2.94. The highest BCUT2D eigenvalue weighted by Gasteiger charge is 2.40. The first kappa shape index (κ1) is 11.9. The zero-order valence-electron chi connectivity index (χ0n) is 11.0. The Bertz CT molecular complexity index is 695. The molecule has 1 atom stereocenters. The molecule has 0 fully saturated rings. The molecule has 0 amide bonds. The minimum absolute atomic E-state index is 0.220. The smallest absolute Gasteiger partial charge is 0.126 e. The van der Waals surface area contributed by atoms with Gasteiger partial charge in [0.25, 0.3) is 0 Å². The number of fused-ring (bicyclic) bond motifs is 2. The quantitative estimate of drug-likeness (QED) is 0.863. The second kappa shape index (κ2) is 4.06. The first-order valence-corrected chi connectivity index (χ1v) is 6.95. The Morgan fingerprint density at radius 3 is 2.95 bits per heavy atom. The monoisotopic (exact) mass is 270 g/mol. The fourth-order valence-electron chi connectivity index (χ4n) is 3.38. The summed E-state index contributed by atoms with van der Waals surface area (Å²) in [6, 6.07) is 10.8. The summed E-state index contributed by atoms with van der Waals surface area (Å²) in [5.41, 5.74) is 2.24. The van der Waals surface area contributed by atoms with Gasteiger partial charge in [-0.25, -0.2) is 4.39 Å². The Morgan fingerprint density at radius 1 is 1.15 bits per heavy atom. The largest absolute Gasteiger partial charge is 0.493 e. The lowest BCUT2D eigenvalue weighted by molar-refractivity contribution is 0.0828. The SMILES string of the molecule is OC1(c2ccc3c(c2)CCO3)CCc2c(F)cccc21. The first-order valence-electron chi connectivity index (χ1n) is 6.95. The molecule has 1 aliphatic carbocycles. The Morgan fingerprint density at radius 2 is 2.05 bits per heavy atom. The van der Waals surface area contributed by atoms with Crippen LogP contribution in [0.15, 0.2) is 36.4 Å². The maximum atomic E-state index is 13.8. The lowest BCUT2D eigenvalue weighted by atomic mass is 9.87. The maximum absolute atomic E-state index is 13.8. The van der Waals surface area contributed by atoms with Crippen LogP contribution >= 0.6 is 0 Å². The van der Waals surface area contributed by atoms with Crippen LogP contribution in [0.5, 0.6) is 5.75 Å². The van der Waals surface area contributed by atoms with Gasteiger partial charge < -0.3 is 9.84 Å². The molecule has 1 N–H and O–H groups in total. The average Bonchev–Trinajstić information content (AvgIpc) is 3.05. The molecule has 1 heterocycles. The molecule has 2 aliphatic rings. The number of benzene rings is 2. The van der Waals surface area contributed by atoms with Gasteiger partial charge in [-0.3, -0.25) is 0 Å². The van der Waals surface area contributed by atoms with Crippen LogP contribution in [-0.4, -0.2) is 11.7 Å². The molecule has 3 heteroatoms. The summed E-state index contributed by atoms with van der Waals surface area (Å²) < 4.78 is 19.3. The van der Waals surface area contributed by atoms with Crippen LogP contribution in [0.2, 0.25) is 0 Å². The zero-order valence-corrected chi connectivity index (χ0v) is 11.0. The van der Waals surface area contributed by atoms with Crippen LogP contribution in [-0.2, 0) is 18.4 Å². The number of aliphatic hydroxyl groups is 1. The van der Waals surface area contributed by atoms with E-state index in [0.717, 1.165) is 23.3 Å². The molecule has 0 saturated heterocycles. The van der Waals surface area contributed by atoms with Crippen molar-refractivity contribution < 1.29 is 14.2 Å². The third-order valence-electron chi connectivity index (χ3n) is 4.47. The summed E-state index contributed by atoms with van der Waals surface area (Å²) in [6.07, 6.45) is 1.98. The minimum Gasteiger partial charge on any atom is -0.493 e. The number of ether oxygens (including phenoxy) is 1.